The molecule has 0 heterocycles. The van der Waals surface area contributed by atoms with Gasteiger partial charge < -0.3 is 4.90 Å². The predicted molar refractivity (Wildman–Crippen MR) is 226 cm³/mol. The monoisotopic (exact) mass is 697 g/mol. The van der Waals surface area contributed by atoms with E-state index < -0.39 is 0 Å². The minimum absolute atomic E-state index is 0.531. The van der Waals surface area contributed by atoms with Crippen LogP contribution in [0.5, 0.6) is 0 Å². The summed E-state index contributed by atoms with van der Waals surface area (Å²) in [6.07, 6.45) is 0. The lowest BCUT2D eigenvalue weighted by Gasteiger charge is -2.27. The summed E-state index contributed by atoms with van der Waals surface area (Å²) in [6, 6.07) is 70.0. The summed E-state index contributed by atoms with van der Waals surface area (Å²) in [7, 11) is 0. The van der Waals surface area contributed by atoms with Gasteiger partial charge in [0, 0.05) is 5.69 Å². The fourth-order valence-electron chi connectivity index (χ4n) is 8.59. The second-order valence-corrected chi connectivity index (χ2v) is 13.8. The molecule has 0 aliphatic heterocycles. The van der Waals surface area contributed by atoms with E-state index in [4.69, 9.17) is 0 Å². The standard InChI is InChI=1S/C52H31N3/c53-32-37-18-7-11-24-46(37)55(47-25-12-8-19-38(47)33-54)39-28-26-34(27-29-39)40-30-31-45-50-41(40)22-13-23-44(50)51-48(35-14-3-1-4-15-35)42-20-9-10-21-43(42)49(52(45)51)36-16-5-2-6-17-36/h1-31H. The second-order valence-electron chi connectivity index (χ2n) is 13.8. The van der Waals surface area contributed by atoms with Crippen molar-refractivity contribution in [3.8, 4) is 67.8 Å². The summed E-state index contributed by atoms with van der Waals surface area (Å²) in [5, 5.41) is 25.1. The van der Waals surface area contributed by atoms with Crippen molar-refractivity contribution in [3.63, 3.8) is 0 Å². The van der Waals surface area contributed by atoms with Gasteiger partial charge >= 0.3 is 0 Å². The molecule has 55 heavy (non-hydrogen) atoms. The molecule has 0 radical (unpaired) electrons. The topological polar surface area (TPSA) is 50.8 Å². The highest BCUT2D eigenvalue weighted by Crippen LogP contribution is 2.58. The van der Waals surface area contributed by atoms with Crippen molar-refractivity contribution < 1.29 is 0 Å². The van der Waals surface area contributed by atoms with Crippen molar-refractivity contribution in [2.45, 2.75) is 0 Å². The first kappa shape index (κ1) is 32.0. The van der Waals surface area contributed by atoms with Gasteiger partial charge in [0.25, 0.3) is 0 Å². The number of nitriles is 2. The molecule has 0 fully saturated rings. The normalized spacial score (nSPS) is 11.2. The van der Waals surface area contributed by atoms with Gasteiger partial charge in [0.05, 0.1) is 22.5 Å². The van der Waals surface area contributed by atoms with Gasteiger partial charge in [0.15, 0.2) is 0 Å². The highest BCUT2D eigenvalue weighted by Gasteiger charge is 2.31. The third-order valence-electron chi connectivity index (χ3n) is 10.9. The van der Waals surface area contributed by atoms with Crippen LogP contribution < -0.4 is 4.90 Å². The molecule has 254 valence electrons. The summed E-state index contributed by atoms with van der Waals surface area (Å²) in [4.78, 5) is 2.01. The third kappa shape index (κ3) is 5.03. The first-order valence-electron chi connectivity index (χ1n) is 18.4. The maximum Gasteiger partial charge on any atom is 0.101 e. The van der Waals surface area contributed by atoms with Gasteiger partial charge in [-0.15, -0.1) is 0 Å². The Hall–Kier alpha value is -7.72. The number of para-hydroxylation sites is 2. The van der Waals surface area contributed by atoms with E-state index in [1.54, 1.807) is 0 Å². The second kappa shape index (κ2) is 13.0. The fourth-order valence-corrected chi connectivity index (χ4v) is 8.59. The number of fused-ring (bicyclic) bond motifs is 4. The zero-order valence-electron chi connectivity index (χ0n) is 29.7. The van der Waals surface area contributed by atoms with Crippen LogP contribution in [0.1, 0.15) is 11.1 Å². The van der Waals surface area contributed by atoms with Gasteiger partial charge in [-0.05, 0) is 114 Å². The molecule has 0 amide bonds. The molecule has 0 unspecified atom stereocenters. The first-order valence-corrected chi connectivity index (χ1v) is 18.4. The van der Waals surface area contributed by atoms with Gasteiger partial charge in [-0.2, -0.15) is 10.5 Å². The van der Waals surface area contributed by atoms with E-state index in [-0.39, 0.29) is 0 Å². The molecular formula is C52H31N3. The molecule has 3 heteroatoms. The number of anilines is 3. The van der Waals surface area contributed by atoms with Crippen LogP contribution in [0.25, 0.3) is 77.2 Å². The SMILES string of the molecule is N#Cc1ccccc1N(c1ccc(-c2ccc3c4c(cccc24)-c2c-3c(-c3ccccc3)c3ccccc3c2-c2ccccc2)cc1)c1ccccc1C#N. The zero-order valence-corrected chi connectivity index (χ0v) is 29.7. The van der Waals surface area contributed by atoms with E-state index in [0.29, 0.717) is 11.1 Å². The molecule has 0 saturated heterocycles. The molecule has 1 aliphatic rings. The Balaban J connectivity index is 1.19. The van der Waals surface area contributed by atoms with Crippen molar-refractivity contribution in [1.82, 2.24) is 0 Å². The van der Waals surface area contributed by atoms with Gasteiger partial charge in [-0.3, -0.25) is 0 Å². The van der Waals surface area contributed by atoms with Gasteiger partial charge in [-0.25, -0.2) is 0 Å². The van der Waals surface area contributed by atoms with Crippen molar-refractivity contribution in [2.24, 2.45) is 0 Å². The zero-order chi connectivity index (χ0) is 36.9. The molecule has 0 saturated carbocycles. The predicted octanol–water partition coefficient (Wildman–Crippen LogP) is 13.9. The molecule has 0 atom stereocenters. The number of benzene rings is 9. The Bertz CT molecular complexity index is 2890. The number of nitrogens with zero attached hydrogens (tertiary/aromatic N) is 3. The molecule has 9 aromatic rings. The maximum absolute atomic E-state index is 10.1. The smallest absolute Gasteiger partial charge is 0.101 e. The lowest BCUT2D eigenvalue weighted by Crippen LogP contribution is -2.12. The van der Waals surface area contributed by atoms with Crippen LogP contribution >= 0.6 is 0 Å². The Morgan fingerprint density at radius 1 is 0.327 bits per heavy atom. The van der Waals surface area contributed by atoms with E-state index in [2.05, 4.69) is 152 Å². The van der Waals surface area contributed by atoms with Crippen LogP contribution in [0.3, 0.4) is 0 Å². The van der Waals surface area contributed by atoms with Gasteiger partial charge in [0.2, 0.25) is 0 Å². The number of rotatable bonds is 6. The molecule has 10 rings (SSSR count). The van der Waals surface area contributed by atoms with E-state index >= 15 is 0 Å². The molecular weight excluding hydrogens is 667 g/mol. The number of hydrogen-bond acceptors (Lipinski definition) is 3. The number of hydrogen-bond donors (Lipinski definition) is 0. The Labute approximate surface area is 319 Å². The van der Waals surface area contributed by atoms with Gasteiger partial charge in [0.1, 0.15) is 12.1 Å². The fraction of sp³-hybridized carbons (Fsp3) is 0. The Morgan fingerprint density at radius 2 is 0.782 bits per heavy atom. The van der Waals surface area contributed by atoms with E-state index in [1.807, 2.05) is 53.4 Å². The van der Waals surface area contributed by atoms with E-state index in [9.17, 15) is 10.5 Å². The summed E-state index contributed by atoms with van der Waals surface area (Å²) >= 11 is 0. The van der Waals surface area contributed by atoms with Crippen LogP contribution in [0.4, 0.5) is 17.1 Å². The van der Waals surface area contributed by atoms with Crippen molar-refractivity contribution >= 4 is 38.6 Å². The summed E-state index contributed by atoms with van der Waals surface area (Å²) < 4.78 is 0. The van der Waals surface area contributed by atoms with Crippen molar-refractivity contribution in [1.29, 1.82) is 10.5 Å². The molecule has 0 aromatic heterocycles. The summed E-state index contributed by atoms with van der Waals surface area (Å²) in [5.41, 5.74) is 15.6. The van der Waals surface area contributed by atoms with Crippen LogP contribution in [0, 0.1) is 22.7 Å². The molecule has 1 aliphatic carbocycles. The lowest BCUT2D eigenvalue weighted by atomic mass is 9.82. The quantitative estimate of drug-likeness (QED) is 0.174. The van der Waals surface area contributed by atoms with Crippen molar-refractivity contribution in [3.05, 3.63) is 199 Å². The summed E-state index contributed by atoms with van der Waals surface area (Å²) in [6.45, 7) is 0. The third-order valence-corrected chi connectivity index (χ3v) is 10.9. The van der Waals surface area contributed by atoms with Crippen LogP contribution in [-0.2, 0) is 0 Å². The van der Waals surface area contributed by atoms with Crippen molar-refractivity contribution in [2.75, 3.05) is 4.90 Å². The lowest BCUT2D eigenvalue weighted by molar-refractivity contribution is 1.26. The largest absolute Gasteiger partial charge is 0.308 e. The molecule has 9 aromatic carbocycles. The Kier molecular flexibility index (Phi) is 7.58. The molecule has 0 bridgehead atoms. The van der Waals surface area contributed by atoms with E-state index in [1.165, 1.54) is 66.1 Å². The van der Waals surface area contributed by atoms with Gasteiger partial charge in [-0.1, -0.05) is 152 Å². The average molecular weight is 698 g/mol. The molecule has 0 N–H and O–H groups in total. The summed E-state index contributed by atoms with van der Waals surface area (Å²) in [5.74, 6) is 0. The Morgan fingerprint density at radius 3 is 1.33 bits per heavy atom. The molecule has 0 spiro atoms. The van der Waals surface area contributed by atoms with E-state index in [0.717, 1.165) is 28.2 Å². The highest BCUT2D eigenvalue weighted by molar-refractivity contribution is 6.28. The van der Waals surface area contributed by atoms with Crippen LogP contribution in [0.15, 0.2) is 188 Å². The minimum Gasteiger partial charge on any atom is -0.308 e. The maximum atomic E-state index is 10.1. The molecule has 3 nitrogen and oxygen atoms in total. The first-order chi connectivity index (χ1) is 27.2. The average Bonchev–Trinajstić information content (AvgIpc) is 3.59. The van der Waals surface area contributed by atoms with Crippen LogP contribution in [-0.4, -0.2) is 0 Å². The highest BCUT2D eigenvalue weighted by atomic mass is 15.1. The minimum atomic E-state index is 0.531. The van der Waals surface area contributed by atoms with Crippen LogP contribution in [0.2, 0.25) is 0 Å².